The fourth-order valence-electron chi connectivity index (χ4n) is 2.40. The number of benzene rings is 2. The maximum Gasteiger partial charge on any atom is 0.248 e. The van der Waals surface area contributed by atoms with Crippen molar-refractivity contribution >= 4 is 52.5 Å². The number of furan rings is 1. The standard InChI is InChI=1S/C20H14Cl3NO3/c1-26-19-5-2-13(21)11-17(19)24-20(25)7-4-16-3-6-18(27-16)12-8-14(22)10-15(23)9-12/h2-11H,1H3,(H,24,25)/b7-4+. The Morgan fingerprint density at radius 1 is 1.00 bits per heavy atom. The molecule has 0 aliphatic heterocycles. The summed E-state index contributed by atoms with van der Waals surface area (Å²) in [5.74, 6) is 1.27. The van der Waals surface area contributed by atoms with Crippen LogP contribution in [0.4, 0.5) is 5.69 Å². The van der Waals surface area contributed by atoms with Crippen LogP contribution >= 0.6 is 34.8 Å². The van der Waals surface area contributed by atoms with Gasteiger partial charge in [0.05, 0.1) is 12.8 Å². The zero-order chi connectivity index (χ0) is 19.4. The van der Waals surface area contributed by atoms with Gasteiger partial charge in [0.25, 0.3) is 0 Å². The normalized spacial score (nSPS) is 11.0. The lowest BCUT2D eigenvalue weighted by molar-refractivity contribution is -0.111. The van der Waals surface area contributed by atoms with E-state index >= 15 is 0 Å². The largest absolute Gasteiger partial charge is 0.495 e. The minimum absolute atomic E-state index is 0.348. The molecular weight excluding hydrogens is 409 g/mol. The van der Waals surface area contributed by atoms with E-state index in [0.29, 0.717) is 38.0 Å². The van der Waals surface area contributed by atoms with Gasteiger partial charge in [-0.25, -0.2) is 0 Å². The second-order valence-electron chi connectivity index (χ2n) is 5.53. The highest BCUT2D eigenvalue weighted by Gasteiger charge is 2.08. The van der Waals surface area contributed by atoms with Crippen LogP contribution in [0.5, 0.6) is 5.75 Å². The first-order valence-electron chi connectivity index (χ1n) is 7.83. The predicted molar refractivity (Wildman–Crippen MR) is 110 cm³/mol. The zero-order valence-electron chi connectivity index (χ0n) is 14.1. The second kappa shape index (κ2) is 8.53. The minimum Gasteiger partial charge on any atom is -0.495 e. The van der Waals surface area contributed by atoms with Crippen LogP contribution in [-0.2, 0) is 4.79 Å². The van der Waals surface area contributed by atoms with Crippen molar-refractivity contribution in [3.8, 4) is 17.1 Å². The van der Waals surface area contributed by atoms with Gasteiger partial charge in [-0.1, -0.05) is 34.8 Å². The number of amides is 1. The first-order valence-corrected chi connectivity index (χ1v) is 8.97. The van der Waals surface area contributed by atoms with Gasteiger partial charge < -0.3 is 14.5 Å². The Balaban J connectivity index is 1.72. The molecule has 0 bridgehead atoms. The Labute approximate surface area is 171 Å². The molecule has 4 nitrogen and oxygen atoms in total. The van der Waals surface area contributed by atoms with Crippen molar-refractivity contribution in [2.45, 2.75) is 0 Å². The number of hydrogen-bond donors (Lipinski definition) is 1. The number of hydrogen-bond acceptors (Lipinski definition) is 3. The van der Waals surface area contributed by atoms with Crippen LogP contribution in [0.25, 0.3) is 17.4 Å². The molecule has 3 aromatic rings. The fourth-order valence-corrected chi connectivity index (χ4v) is 3.10. The Hall–Kier alpha value is -2.40. The summed E-state index contributed by atoms with van der Waals surface area (Å²) < 4.78 is 10.9. The first kappa shape index (κ1) is 19.4. The molecule has 0 saturated carbocycles. The lowest BCUT2D eigenvalue weighted by atomic mass is 10.2. The highest BCUT2D eigenvalue weighted by atomic mass is 35.5. The number of ether oxygens (including phenoxy) is 1. The second-order valence-corrected chi connectivity index (χ2v) is 6.84. The van der Waals surface area contributed by atoms with Crippen LogP contribution in [-0.4, -0.2) is 13.0 Å². The van der Waals surface area contributed by atoms with Gasteiger partial charge in [0.15, 0.2) is 0 Å². The molecule has 138 valence electrons. The zero-order valence-corrected chi connectivity index (χ0v) is 16.4. The summed E-state index contributed by atoms with van der Waals surface area (Å²) in [5, 5.41) is 4.24. The summed E-state index contributed by atoms with van der Waals surface area (Å²) in [4.78, 5) is 12.2. The van der Waals surface area contributed by atoms with Crippen molar-refractivity contribution in [1.82, 2.24) is 0 Å². The molecule has 27 heavy (non-hydrogen) atoms. The number of methoxy groups -OCH3 is 1. The molecule has 2 aromatic carbocycles. The van der Waals surface area contributed by atoms with Crippen molar-refractivity contribution in [3.05, 3.63) is 75.4 Å². The van der Waals surface area contributed by atoms with Gasteiger partial charge in [0.2, 0.25) is 5.91 Å². The van der Waals surface area contributed by atoms with Crippen molar-refractivity contribution in [2.24, 2.45) is 0 Å². The average Bonchev–Trinajstić information content (AvgIpc) is 3.08. The van der Waals surface area contributed by atoms with E-state index in [4.69, 9.17) is 44.0 Å². The van der Waals surface area contributed by atoms with Gasteiger partial charge in [-0.2, -0.15) is 0 Å². The van der Waals surface area contributed by atoms with E-state index in [2.05, 4.69) is 5.32 Å². The summed E-state index contributed by atoms with van der Waals surface area (Å²) in [7, 11) is 1.52. The van der Waals surface area contributed by atoms with E-state index in [9.17, 15) is 4.79 Å². The number of nitrogens with one attached hydrogen (secondary N) is 1. The highest BCUT2D eigenvalue weighted by Crippen LogP contribution is 2.29. The van der Waals surface area contributed by atoms with Gasteiger partial charge in [-0.15, -0.1) is 0 Å². The summed E-state index contributed by atoms with van der Waals surface area (Å²) >= 11 is 18.0. The van der Waals surface area contributed by atoms with Gasteiger partial charge in [-0.05, 0) is 54.6 Å². The molecule has 0 unspecified atom stereocenters. The summed E-state index contributed by atoms with van der Waals surface area (Å²) in [5.41, 5.74) is 1.23. The van der Waals surface area contributed by atoms with Crippen molar-refractivity contribution in [1.29, 1.82) is 0 Å². The maximum absolute atomic E-state index is 12.2. The number of carbonyl (C=O) groups excluding carboxylic acids is 1. The summed E-state index contributed by atoms with van der Waals surface area (Å²) in [6, 6.07) is 13.6. The van der Waals surface area contributed by atoms with Gasteiger partial charge >= 0.3 is 0 Å². The molecular formula is C20H14Cl3NO3. The molecule has 3 rings (SSSR count). The van der Waals surface area contributed by atoms with Crippen LogP contribution in [0.1, 0.15) is 5.76 Å². The average molecular weight is 423 g/mol. The van der Waals surface area contributed by atoms with Crippen LogP contribution in [0.3, 0.4) is 0 Å². The smallest absolute Gasteiger partial charge is 0.248 e. The lowest BCUT2D eigenvalue weighted by Crippen LogP contribution is -2.08. The van der Waals surface area contributed by atoms with Crippen LogP contribution in [0, 0.1) is 0 Å². The molecule has 0 aliphatic rings. The van der Waals surface area contributed by atoms with E-state index in [1.54, 1.807) is 54.6 Å². The molecule has 0 atom stereocenters. The first-order chi connectivity index (χ1) is 12.9. The molecule has 0 saturated heterocycles. The molecule has 7 heteroatoms. The summed E-state index contributed by atoms with van der Waals surface area (Å²) in [6.45, 7) is 0. The molecule has 1 amide bonds. The molecule has 1 heterocycles. The van der Waals surface area contributed by atoms with E-state index in [0.717, 1.165) is 5.56 Å². The van der Waals surface area contributed by atoms with Crippen LogP contribution < -0.4 is 10.1 Å². The van der Waals surface area contributed by atoms with Crippen LogP contribution in [0.15, 0.2) is 59.0 Å². The maximum atomic E-state index is 12.2. The number of rotatable bonds is 5. The minimum atomic E-state index is -0.348. The molecule has 1 aromatic heterocycles. The topological polar surface area (TPSA) is 51.5 Å². The lowest BCUT2D eigenvalue weighted by Gasteiger charge is -2.08. The quantitative estimate of drug-likeness (QED) is 0.473. The predicted octanol–water partition coefficient (Wildman–Crippen LogP) is 6.57. The fraction of sp³-hybridized carbons (Fsp3) is 0.0500. The molecule has 0 fully saturated rings. The SMILES string of the molecule is COc1ccc(Cl)cc1NC(=O)/C=C/c1ccc(-c2cc(Cl)cc(Cl)c2)o1. The van der Waals surface area contributed by atoms with E-state index < -0.39 is 0 Å². The third-order valence-electron chi connectivity index (χ3n) is 3.59. The third-order valence-corrected chi connectivity index (χ3v) is 4.26. The Morgan fingerprint density at radius 2 is 1.74 bits per heavy atom. The molecule has 0 radical (unpaired) electrons. The van der Waals surface area contributed by atoms with Crippen molar-refractivity contribution < 1.29 is 13.9 Å². The Kier molecular flexibility index (Phi) is 6.11. The molecule has 1 N–H and O–H groups in total. The highest BCUT2D eigenvalue weighted by molar-refractivity contribution is 6.35. The van der Waals surface area contributed by atoms with Crippen molar-refractivity contribution in [2.75, 3.05) is 12.4 Å². The number of carbonyl (C=O) groups is 1. The monoisotopic (exact) mass is 421 g/mol. The van der Waals surface area contributed by atoms with Crippen LogP contribution in [0.2, 0.25) is 15.1 Å². The van der Waals surface area contributed by atoms with Gasteiger partial charge in [0.1, 0.15) is 17.3 Å². The van der Waals surface area contributed by atoms with E-state index in [1.165, 1.54) is 13.2 Å². The third kappa shape index (κ3) is 5.07. The van der Waals surface area contributed by atoms with Crippen molar-refractivity contribution in [3.63, 3.8) is 0 Å². The molecule has 0 aliphatic carbocycles. The number of anilines is 1. The Bertz CT molecular complexity index is 991. The summed E-state index contributed by atoms with van der Waals surface area (Å²) in [6.07, 6.45) is 2.91. The number of halogens is 3. The Morgan fingerprint density at radius 3 is 2.44 bits per heavy atom. The van der Waals surface area contributed by atoms with Gasteiger partial charge in [0, 0.05) is 26.7 Å². The van der Waals surface area contributed by atoms with E-state index in [1.807, 2.05) is 0 Å². The van der Waals surface area contributed by atoms with E-state index in [-0.39, 0.29) is 5.91 Å². The molecule has 0 spiro atoms. The van der Waals surface area contributed by atoms with Gasteiger partial charge in [-0.3, -0.25) is 4.79 Å².